The molecule has 2 fully saturated rings. The standard InChI is InChI=1S/C16H16FN3O4S/c17-15-12-5-9(11-3-4-18-7-11)1-2-10(12)6-13(21)16(15)20-8-14(22)19-25(20,23)24/h1-2,5-6,11,18,21H,3-4,7-8H2,(H,19,22)/t11-/m0/s1. The number of halogens is 1. The van der Waals surface area contributed by atoms with Gasteiger partial charge in [-0.2, -0.15) is 8.42 Å². The number of amides is 1. The number of carbonyl (C=O) groups excluding carboxylic acids is 1. The van der Waals surface area contributed by atoms with Crippen molar-refractivity contribution in [2.24, 2.45) is 0 Å². The Bertz CT molecular complexity index is 987. The summed E-state index contributed by atoms with van der Waals surface area (Å²) in [6.45, 7) is 1.13. The lowest BCUT2D eigenvalue weighted by molar-refractivity contribution is -0.117. The van der Waals surface area contributed by atoms with Crippen molar-refractivity contribution in [1.82, 2.24) is 10.0 Å². The quantitative estimate of drug-likeness (QED) is 0.736. The maximum absolute atomic E-state index is 15.1. The van der Waals surface area contributed by atoms with E-state index in [0.29, 0.717) is 9.69 Å². The van der Waals surface area contributed by atoms with Gasteiger partial charge in [0.1, 0.15) is 18.0 Å². The van der Waals surface area contributed by atoms with Gasteiger partial charge < -0.3 is 10.4 Å². The molecule has 132 valence electrons. The van der Waals surface area contributed by atoms with Gasteiger partial charge in [0.05, 0.1) is 0 Å². The van der Waals surface area contributed by atoms with Gasteiger partial charge in [-0.25, -0.2) is 13.4 Å². The number of nitrogens with one attached hydrogen (secondary N) is 2. The van der Waals surface area contributed by atoms with Crippen molar-refractivity contribution in [2.45, 2.75) is 12.3 Å². The molecular formula is C16H16FN3O4S. The number of anilines is 1. The Morgan fingerprint density at radius 2 is 2.08 bits per heavy atom. The van der Waals surface area contributed by atoms with Gasteiger partial charge in [-0.3, -0.25) is 4.79 Å². The predicted molar refractivity (Wildman–Crippen MR) is 90.2 cm³/mol. The summed E-state index contributed by atoms with van der Waals surface area (Å²) in [7, 11) is -4.20. The molecule has 1 amide bonds. The van der Waals surface area contributed by atoms with Gasteiger partial charge >= 0.3 is 10.2 Å². The van der Waals surface area contributed by atoms with Gasteiger partial charge in [0.25, 0.3) is 5.91 Å². The van der Waals surface area contributed by atoms with Crippen LogP contribution in [0.4, 0.5) is 10.1 Å². The Balaban J connectivity index is 1.88. The molecule has 0 spiro atoms. The van der Waals surface area contributed by atoms with E-state index < -0.39 is 39.9 Å². The van der Waals surface area contributed by atoms with Crippen LogP contribution in [-0.4, -0.2) is 39.1 Å². The van der Waals surface area contributed by atoms with Crippen LogP contribution in [0.3, 0.4) is 0 Å². The summed E-state index contributed by atoms with van der Waals surface area (Å²) in [5.74, 6) is -1.90. The Morgan fingerprint density at radius 1 is 1.28 bits per heavy atom. The Hall–Kier alpha value is -2.39. The summed E-state index contributed by atoms with van der Waals surface area (Å²) < 4.78 is 41.4. The van der Waals surface area contributed by atoms with E-state index in [1.54, 1.807) is 16.9 Å². The summed E-state index contributed by atoms with van der Waals surface area (Å²) >= 11 is 0. The van der Waals surface area contributed by atoms with E-state index in [9.17, 15) is 18.3 Å². The molecule has 0 radical (unpaired) electrons. The number of hydrogen-bond donors (Lipinski definition) is 3. The highest BCUT2D eigenvalue weighted by Crippen LogP contribution is 2.39. The van der Waals surface area contributed by atoms with E-state index >= 15 is 4.39 Å². The second kappa shape index (κ2) is 5.57. The van der Waals surface area contributed by atoms with Gasteiger partial charge in [0.2, 0.25) is 0 Å². The zero-order valence-corrected chi connectivity index (χ0v) is 13.9. The molecule has 2 aliphatic rings. The fraction of sp³-hybridized carbons (Fsp3) is 0.312. The third kappa shape index (κ3) is 2.59. The minimum atomic E-state index is -4.20. The molecule has 9 heteroatoms. The third-order valence-corrected chi connectivity index (χ3v) is 6.04. The zero-order valence-electron chi connectivity index (χ0n) is 13.1. The van der Waals surface area contributed by atoms with Crippen molar-refractivity contribution in [1.29, 1.82) is 0 Å². The maximum Gasteiger partial charge on any atom is 0.326 e. The molecule has 0 aromatic heterocycles. The van der Waals surface area contributed by atoms with E-state index in [0.717, 1.165) is 25.1 Å². The number of benzene rings is 2. The van der Waals surface area contributed by atoms with Gasteiger partial charge in [-0.05, 0) is 42.0 Å². The van der Waals surface area contributed by atoms with Crippen molar-refractivity contribution in [2.75, 3.05) is 23.9 Å². The normalized spacial score (nSPS) is 22.5. The first kappa shape index (κ1) is 16.1. The fourth-order valence-electron chi connectivity index (χ4n) is 3.42. The van der Waals surface area contributed by atoms with Gasteiger partial charge in [0.15, 0.2) is 5.82 Å². The summed E-state index contributed by atoms with van der Waals surface area (Å²) in [6, 6.07) is 6.58. The van der Waals surface area contributed by atoms with Crippen LogP contribution < -0.4 is 14.3 Å². The van der Waals surface area contributed by atoms with Crippen LogP contribution in [-0.2, 0) is 15.0 Å². The molecule has 0 unspecified atom stereocenters. The van der Waals surface area contributed by atoms with Crippen LogP contribution in [0, 0.1) is 5.82 Å². The van der Waals surface area contributed by atoms with Crippen molar-refractivity contribution >= 4 is 32.6 Å². The SMILES string of the molecule is O=C1CN(c2c(O)cc3ccc([C@H]4CCNC4)cc3c2F)S(=O)(=O)N1. The number of phenols is 1. The molecule has 0 saturated carbocycles. The average molecular weight is 365 g/mol. The first-order valence-electron chi connectivity index (χ1n) is 7.86. The lowest BCUT2D eigenvalue weighted by Gasteiger charge is -2.19. The van der Waals surface area contributed by atoms with Crippen molar-refractivity contribution < 1.29 is 22.7 Å². The van der Waals surface area contributed by atoms with Crippen LogP contribution >= 0.6 is 0 Å². The summed E-state index contributed by atoms with van der Waals surface area (Å²) in [5.41, 5.74) is 0.444. The van der Waals surface area contributed by atoms with Crippen LogP contribution in [0.5, 0.6) is 5.75 Å². The minimum Gasteiger partial charge on any atom is -0.506 e. The molecule has 3 N–H and O–H groups in total. The van der Waals surface area contributed by atoms with Crippen molar-refractivity contribution in [3.63, 3.8) is 0 Å². The first-order chi connectivity index (χ1) is 11.9. The molecule has 2 aliphatic heterocycles. The molecular weight excluding hydrogens is 349 g/mol. The number of carbonyl (C=O) groups is 1. The number of rotatable bonds is 2. The summed E-state index contributed by atoms with van der Waals surface area (Å²) in [5, 5.41) is 14.1. The van der Waals surface area contributed by atoms with E-state index in [2.05, 4.69) is 5.32 Å². The van der Waals surface area contributed by atoms with E-state index in [1.165, 1.54) is 6.07 Å². The molecule has 2 heterocycles. The Labute approximate surface area is 143 Å². The second-order valence-corrected chi connectivity index (χ2v) is 7.86. The Morgan fingerprint density at radius 3 is 2.72 bits per heavy atom. The van der Waals surface area contributed by atoms with E-state index in [-0.39, 0.29) is 11.3 Å². The van der Waals surface area contributed by atoms with Crippen molar-refractivity contribution in [3.8, 4) is 5.75 Å². The largest absolute Gasteiger partial charge is 0.506 e. The van der Waals surface area contributed by atoms with E-state index in [4.69, 9.17) is 0 Å². The third-order valence-electron chi connectivity index (χ3n) is 4.66. The first-order valence-corrected chi connectivity index (χ1v) is 9.30. The number of nitrogens with zero attached hydrogens (tertiary/aromatic N) is 1. The molecule has 7 nitrogen and oxygen atoms in total. The zero-order chi connectivity index (χ0) is 17.8. The molecule has 25 heavy (non-hydrogen) atoms. The molecule has 2 aromatic carbocycles. The van der Waals surface area contributed by atoms with Crippen molar-refractivity contribution in [3.05, 3.63) is 35.6 Å². The monoisotopic (exact) mass is 365 g/mol. The molecule has 1 atom stereocenters. The van der Waals surface area contributed by atoms with Crippen LogP contribution in [0.2, 0.25) is 0 Å². The van der Waals surface area contributed by atoms with Crippen LogP contribution in [0.15, 0.2) is 24.3 Å². The topological polar surface area (TPSA) is 98.7 Å². The summed E-state index contributed by atoms with van der Waals surface area (Å²) in [4.78, 5) is 11.4. The highest BCUT2D eigenvalue weighted by Gasteiger charge is 2.37. The molecule has 0 bridgehead atoms. The predicted octanol–water partition coefficient (Wildman–Crippen LogP) is 0.942. The second-order valence-electron chi connectivity index (χ2n) is 6.27. The van der Waals surface area contributed by atoms with E-state index in [1.807, 2.05) is 6.07 Å². The lowest BCUT2D eigenvalue weighted by Crippen LogP contribution is -2.30. The highest BCUT2D eigenvalue weighted by atomic mass is 32.2. The minimum absolute atomic E-state index is 0.215. The fourth-order valence-corrected chi connectivity index (χ4v) is 4.59. The molecule has 2 saturated heterocycles. The van der Waals surface area contributed by atoms with Gasteiger partial charge in [0, 0.05) is 11.9 Å². The number of fused-ring (bicyclic) bond motifs is 1. The molecule has 2 aromatic rings. The van der Waals surface area contributed by atoms with Crippen LogP contribution in [0.25, 0.3) is 10.8 Å². The molecule has 0 aliphatic carbocycles. The number of phenolic OH excluding ortho intramolecular Hbond substituents is 1. The summed E-state index contributed by atoms with van der Waals surface area (Å²) in [6.07, 6.45) is 0.941. The Kier molecular flexibility index (Phi) is 3.58. The number of aromatic hydroxyl groups is 1. The average Bonchev–Trinajstić information content (AvgIpc) is 3.15. The van der Waals surface area contributed by atoms with Crippen LogP contribution in [0.1, 0.15) is 17.9 Å². The smallest absolute Gasteiger partial charge is 0.326 e. The maximum atomic E-state index is 15.1. The van der Waals surface area contributed by atoms with Gasteiger partial charge in [-0.1, -0.05) is 12.1 Å². The molecule has 4 rings (SSSR count). The lowest BCUT2D eigenvalue weighted by atomic mass is 9.95. The van der Waals surface area contributed by atoms with Gasteiger partial charge in [-0.15, -0.1) is 0 Å². The highest BCUT2D eigenvalue weighted by molar-refractivity contribution is 7.92. The number of hydrogen-bond acceptors (Lipinski definition) is 5.